The summed E-state index contributed by atoms with van der Waals surface area (Å²) in [6.07, 6.45) is 3.22. The van der Waals surface area contributed by atoms with Gasteiger partial charge in [-0.3, -0.25) is 4.99 Å². The number of carbonyl (C=O) groups is 2. The highest BCUT2D eigenvalue weighted by molar-refractivity contribution is 8.14. The summed E-state index contributed by atoms with van der Waals surface area (Å²) >= 11 is 1.72. The maximum absolute atomic E-state index is 11.9. The molecular formula is C20H25N3O4S. The van der Waals surface area contributed by atoms with Gasteiger partial charge in [0.2, 0.25) is 0 Å². The second-order valence-corrected chi connectivity index (χ2v) is 7.29. The molecule has 0 saturated heterocycles. The quantitative estimate of drug-likeness (QED) is 0.235. The fraction of sp³-hybridized carbons (Fsp3) is 0.450. The molecule has 1 N–H and O–H groups in total. The average molecular weight is 404 g/mol. The molecule has 7 nitrogen and oxygen atoms in total. The van der Waals surface area contributed by atoms with E-state index in [0.717, 1.165) is 31.1 Å². The number of fused-ring (bicyclic) bond motifs is 3. The van der Waals surface area contributed by atoms with Gasteiger partial charge in [0.1, 0.15) is 0 Å². The zero-order chi connectivity index (χ0) is 19.9. The molecule has 8 heteroatoms. The number of nitrogens with one attached hydrogen (secondary N) is 1. The fourth-order valence-electron chi connectivity index (χ4n) is 3.02. The summed E-state index contributed by atoms with van der Waals surface area (Å²) in [7, 11) is 0. The Morgan fingerprint density at radius 3 is 2.71 bits per heavy atom. The van der Waals surface area contributed by atoms with Crippen molar-refractivity contribution >= 4 is 34.6 Å². The van der Waals surface area contributed by atoms with Crippen molar-refractivity contribution in [2.24, 2.45) is 4.99 Å². The number of amidine groups is 1. The Labute approximate surface area is 169 Å². The number of ether oxygens (including phenoxy) is 2. The molecule has 3 rings (SSSR count). The highest BCUT2D eigenvalue weighted by atomic mass is 32.2. The number of benzene rings is 1. The molecule has 2 aliphatic rings. The molecule has 0 radical (unpaired) electrons. The SMILES string of the molecule is CCOC(=O)C(=CNCCc1ccc2c(c1)N1CCCN=C1S2)C(=O)OCC. The van der Waals surface area contributed by atoms with E-state index in [9.17, 15) is 9.59 Å². The molecule has 28 heavy (non-hydrogen) atoms. The van der Waals surface area contributed by atoms with Gasteiger partial charge in [0.25, 0.3) is 0 Å². The molecule has 0 fully saturated rings. The summed E-state index contributed by atoms with van der Waals surface area (Å²) < 4.78 is 9.84. The second kappa shape index (κ2) is 9.64. The van der Waals surface area contributed by atoms with Crippen LogP contribution in [0.25, 0.3) is 0 Å². The number of nitrogens with zero attached hydrogens (tertiary/aromatic N) is 2. The highest BCUT2D eigenvalue weighted by Gasteiger charge is 2.28. The minimum Gasteiger partial charge on any atom is -0.462 e. The number of esters is 2. The van der Waals surface area contributed by atoms with Crippen LogP contribution in [0.4, 0.5) is 5.69 Å². The smallest absolute Gasteiger partial charge is 0.347 e. The number of anilines is 1. The number of aliphatic imine (C=N–C) groups is 1. The van der Waals surface area contributed by atoms with E-state index in [2.05, 4.69) is 33.4 Å². The summed E-state index contributed by atoms with van der Waals surface area (Å²) in [5.74, 6) is -1.36. The van der Waals surface area contributed by atoms with Gasteiger partial charge in [0, 0.05) is 30.7 Å². The maximum atomic E-state index is 11.9. The van der Waals surface area contributed by atoms with Crippen molar-refractivity contribution in [3.05, 3.63) is 35.5 Å². The van der Waals surface area contributed by atoms with Crippen LogP contribution in [0, 0.1) is 0 Å². The molecule has 150 valence electrons. The number of rotatable bonds is 8. The summed E-state index contributed by atoms with van der Waals surface area (Å²) in [6, 6.07) is 6.43. The molecule has 0 aromatic heterocycles. The summed E-state index contributed by atoms with van der Waals surface area (Å²) in [6.45, 7) is 6.27. The van der Waals surface area contributed by atoms with E-state index >= 15 is 0 Å². The van der Waals surface area contributed by atoms with Crippen LogP contribution in [-0.2, 0) is 25.5 Å². The molecule has 0 bridgehead atoms. The zero-order valence-electron chi connectivity index (χ0n) is 16.2. The van der Waals surface area contributed by atoms with Gasteiger partial charge < -0.3 is 19.7 Å². The Morgan fingerprint density at radius 1 is 1.25 bits per heavy atom. The summed E-state index contributed by atoms with van der Waals surface area (Å²) in [5, 5.41) is 4.12. The average Bonchev–Trinajstić information content (AvgIpc) is 3.06. The van der Waals surface area contributed by atoms with Crippen LogP contribution < -0.4 is 10.2 Å². The molecule has 1 aromatic rings. The van der Waals surface area contributed by atoms with Gasteiger partial charge in [-0.25, -0.2) is 9.59 Å². The third-order valence-corrected chi connectivity index (χ3v) is 5.43. The van der Waals surface area contributed by atoms with Gasteiger partial charge in [-0.1, -0.05) is 6.07 Å². The zero-order valence-corrected chi connectivity index (χ0v) is 17.0. The van der Waals surface area contributed by atoms with E-state index in [4.69, 9.17) is 9.47 Å². The third-order valence-electron chi connectivity index (χ3n) is 4.33. The minimum atomic E-state index is -0.681. The second-order valence-electron chi connectivity index (χ2n) is 6.28. The van der Waals surface area contributed by atoms with Crippen LogP contribution >= 0.6 is 11.8 Å². The van der Waals surface area contributed by atoms with E-state index in [1.165, 1.54) is 22.3 Å². The lowest BCUT2D eigenvalue weighted by Crippen LogP contribution is -2.30. The molecule has 0 aliphatic carbocycles. The standard InChI is InChI=1S/C20H25N3O4S/c1-3-26-18(24)15(19(25)27-4-2)13-21-10-8-14-6-7-17-16(12-14)23-11-5-9-22-20(23)28-17/h6-7,12-13,21H,3-5,8-11H2,1-2H3. The first-order valence-corrected chi connectivity index (χ1v) is 10.4. The van der Waals surface area contributed by atoms with Gasteiger partial charge in [-0.15, -0.1) is 0 Å². The maximum Gasteiger partial charge on any atom is 0.347 e. The number of carbonyl (C=O) groups excluding carboxylic acids is 2. The van der Waals surface area contributed by atoms with E-state index in [1.54, 1.807) is 25.6 Å². The van der Waals surface area contributed by atoms with Crippen molar-refractivity contribution in [3.63, 3.8) is 0 Å². The monoisotopic (exact) mass is 403 g/mol. The molecule has 0 amide bonds. The van der Waals surface area contributed by atoms with Crippen LogP contribution in [0.3, 0.4) is 0 Å². The lowest BCUT2D eigenvalue weighted by Gasteiger charge is -2.22. The predicted molar refractivity (Wildman–Crippen MR) is 110 cm³/mol. The molecule has 0 spiro atoms. The Balaban J connectivity index is 1.60. The molecular weight excluding hydrogens is 378 g/mol. The lowest BCUT2D eigenvalue weighted by molar-refractivity contribution is -0.146. The fourth-order valence-corrected chi connectivity index (χ4v) is 4.08. The van der Waals surface area contributed by atoms with Crippen molar-refractivity contribution in [2.75, 3.05) is 37.7 Å². The normalized spacial score (nSPS) is 14.5. The van der Waals surface area contributed by atoms with Crippen molar-refractivity contribution in [1.82, 2.24) is 5.32 Å². The van der Waals surface area contributed by atoms with Gasteiger partial charge in [0.05, 0.1) is 18.9 Å². The van der Waals surface area contributed by atoms with Crippen LogP contribution in [0.15, 0.2) is 39.9 Å². The Kier molecular flexibility index (Phi) is 6.97. The predicted octanol–water partition coefficient (Wildman–Crippen LogP) is 2.50. The van der Waals surface area contributed by atoms with Crippen molar-refractivity contribution in [3.8, 4) is 0 Å². The van der Waals surface area contributed by atoms with Gasteiger partial charge in [-0.05, 0) is 56.1 Å². The lowest BCUT2D eigenvalue weighted by atomic mass is 10.1. The molecule has 0 unspecified atom stereocenters. The van der Waals surface area contributed by atoms with Crippen LogP contribution in [0.2, 0.25) is 0 Å². The summed E-state index contributed by atoms with van der Waals surface area (Å²) in [4.78, 5) is 32.0. The van der Waals surface area contributed by atoms with Crippen molar-refractivity contribution in [2.45, 2.75) is 31.6 Å². The van der Waals surface area contributed by atoms with Crippen LogP contribution in [-0.4, -0.2) is 50.0 Å². The van der Waals surface area contributed by atoms with E-state index in [-0.39, 0.29) is 18.8 Å². The van der Waals surface area contributed by atoms with Crippen molar-refractivity contribution in [1.29, 1.82) is 0 Å². The largest absolute Gasteiger partial charge is 0.462 e. The molecule has 2 aliphatic heterocycles. The van der Waals surface area contributed by atoms with E-state index in [1.807, 2.05) is 0 Å². The van der Waals surface area contributed by atoms with Crippen LogP contribution in [0.1, 0.15) is 25.8 Å². The Bertz CT molecular complexity index is 787. The third kappa shape index (κ3) is 4.67. The molecule has 1 aromatic carbocycles. The Morgan fingerprint density at radius 2 is 2.00 bits per heavy atom. The van der Waals surface area contributed by atoms with Gasteiger partial charge in [-0.2, -0.15) is 0 Å². The Hall–Kier alpha value is -2.48. The van der Waals surface area contributed by atoms with Gasteiger partial charge >= 0.3 is 11.9 Å². The summed E-state index contributed by atoms with van der Waals surface area (Å²) in [5.41, 5.74) is 2.28. The highest BCUT2D eigenvalue weighted by Crippen LogP contribution is 2.41. The molecule has 0 atom stereocenters. The molecule has 2 heterocycles. The number of hydrogen-bond donors (Lipinski definition) is 1. The topological polar surface area (TPSA) is 80.2 Å². The minimum absolute atomic E-state index is 0.122. The first-order chi connectivity index (χ1) is 13.6. The van der Waals surface area contributed by atoms with E-state index < -0.39 is 11.9 Å². The molecule has 0 saturated carbocycles. The first kappa shape index (κ1) is 20.3. The number of hydrogen-bond acceptors (Lipinski definition) is 8. The first-order valence-electron chi connectivity index (χ1n) is 9.54. The van der Waals surface area contributed by atoms with Crippen LogP contribution in [0.5, 0.6) is 0 Å². The van der Waals surface area contributed by atoms with E-state index in [0.29, 0.717) is 6.54 Å². The number of thioether (sulfide) groups is 1. The van der Waals surface area contributed by atoms with Gasteiger partial charge in [0.15, 0.2) is 10.7 Å². The van der Waals surface area contributed by atoms with Crippen molar-refractivity contribution < 1.29 is 19.1 Å².